The number of aryl methyl sites for hydroxylation is 1. The van der Waals surface area contributed by atoms with Gasteiger partial charge in [0, 0.05) is 5.56 Å². The summed E-state index contributed by atoms with van der Waals surface area (Å²) in [5.41, 5.74) is 4.78. The Balaban J connectivity index is 3.58. The Kier molecular flexibility index (Phi) is 2.71. The van der Waals surface area contributed by atoms with Gasteiger partial charge in [0.15, 0.2) is 0 Å². The Bertz CT molecular complexity index is 378. The van der Waals surface area contributed by atoms with Crippen molar-refractivity contribution in [1.29, 1.82) is 0 Å². The van der Waals surface area contributed by atoms with Gasteiger partial charge in [0.2, 0.25) is 0 Å². The predicted molar refractivity (Wildman–Crippen MR) is 51.4 cm³/mol. The van der Waals surface area contributed by atoms with Crippen LogP contribution in [0.3, 0.4) is 0 Å². The van der Waals surface area contributed by atoms with Gasteiger partial charge in [-0.1, -0.05) is 17.7 Å². The number of nitrogens with zero attached hydrogens (tertiary/aromatic N) is 1. The molecular weight excluding hydrogens is 208 g/mol. The second-order valence-corrected chi connectivity index (χ2v) is 3.12. The van der Waals surface area contributed by atoms with Crippen LogP contribution in [0.5, 0.6) is 0 Å². The number of nitrogens with two attached hydrogens (primary N) is 1. The van der Waals surface area contributed by atoms with Gasteiger partial charge in [0.05, 0.1) is 9.95 Å². The molecule has 0 bridgehead atoms. The van der Waals surface area contributed by atoms with E-state index in [0.717, 1.165) is 0 Å². The van der Waals surface area contributed by atoms with Crippen molar-refractivity contribution in [3.05, 3.63) is 38.4 Å². The van der Waals surface area contributed by atoms with Crippen LogP contribution in [0.2, 0.25) is 5.02 Å². The summed E-state index contributed by atoms with van der Waals surface area (Å²) < 4.78 is 0. The molecule has 1 rings (SSSR count). The molecule has 0 radical (unpaired) electrons. The Labute approximate surface area is 84.6 Å². The number of rotatable bonds is 2. The molecule has 2 N–H and O–H groups in total. The summed E-state index contributed by atoms with van der Waals surface area (Å²) in [4.78, 5) is 20.9. The molecular formula is C8H7ClN2O3. The number of hydrogen-bond donors (Lipinski definition) is 1. The first-order chi connectivity index (χ1) is 6.45. The molecule has 74 valence electrons. The van der Waals surface area contributed by atoms with Crippen LogP contribution in [0.4, 0.5) is 5.69 Å². The highest BCUT2D eigenvalue weighted by molar-refractivity contribution is 6.34. The van der Waals surface area contributed by atoms with Crippen molar-refractivity contribution in [1.82, 2.24) is 0 Å². The van der Waals surface area contributed by atoms with Gasteiger partial charge in [-0.3, -0.25) is 14.9 Å². The topological polar surface area (TPSA) is 86.2 Å². The number of halogens is 1. The van der Waals surface area contributed by atoms with Gasteiger partial charge >= 0.3 is 0 Å². The third-order valence-electron chi connectivity index (χ3n) is 1.76. The quantitative estimate of drug-likeness (QED) is 0.600. The fraction of sp³-hybridized carbons (Fsp3) is 0.125. The first kappa shape index (κ1) is 10.5. The van der Waals surface area contributed by atoms with Crippen LogP contribution in [-0.4, -0.2) is 10.8 Å². The Hall–Kier alpha value is -1.62. The van der Waals surface area contributed by atoms with Gasteiger partial charge in [0.25, 0.3) is 11.6 Å². The minimum absolute atomic E-state index is 0.00481. The molecule has 1 aromatic rings. The molecule has 0 aliphatic heterocycles. The van der Waals surface area contributed by atoms with E-state index in [-0.39, 0.29) is 16.3 Å². The van der Waals surface area contributed by atoms with Gasteiger partial charge in [-0.15, -0.1) is 0 Å². The maximum absolute atomic E-state index is 10.9. The smallest absolute Gasteiger partial charge is 0.286 e. The largest absolute Gasteiger partial charge is 0.365 e. The number of amides is 1. The fourth-order valence-electron chi connectivity index (χ4n) is 1.14. The number of nitro benzene ring substituents is 1. The van der Waals surface area contributed by atoms with E-state index in [9.17, 15) is 14.9 Å². The molecule has 1 amide bonds. The Morgan fingerprint density at radius 2 is 2.14 bits per heavy atom. The van der Waals surface area contributed by atoms with E-state index in [2.05, 4.69) is 0 Å². The fourth-order valence-corrected chi connectivity index (χ4v) is 1.39. The van der Waals surface area contributed by atoms with Crippen LogP contribution in [0.1, 0.15) is 15.9 Å². The van der Waals surface area contributed by atoms with Gasteiger partial charge in [-0.2, -0.15) is 0 Å². The molecule has 0 atom stereocenters. The number of hydrogen-bond acceptors (Lipinski definition) is 3. The van der Waals surface area contributed by atoms with E-state index in [1.165, 1.54) is 19.1 Å². The van der Waals surface area contributed by atoms with E-state index in [0.29, 0.717) is 5.56 Å². The third-order valence-corrected chi connectivity index (χ3v) is 2.07. The lowest BCUT2D eigenvalue weighted by Gasteiger charge is -2.03. The van der Waals surface area contributed by atoms with Crippen molar-refractivity contribution in [2.45, 2.75) is 6.92 Å². The van der Waals surface area contributed by atoms with Crippen LogP contribution in [0.25, 0.3) is 0 Å². The van der Waals surface area contributed by atoms with Crippen molar-refractivity contribution in [2.24, 2.45) is 5.73 Å². The molecule has 0 spiro atoms. The number of carbonyl (C=O) groups is 1. The van der Waals surface area contributed by atoms with Crippen LogP contribution in [0.15, 0.2) is 12.1 Å². The van der Waals surface area contributed by atoms with Crippen molar-refractivity contribution in [2.75, 3.05) is 0 Å². The molecule has 0 heterocycles. The standard InChI is InChI=1S/C8H7ClN2O3/c1-4-2-3-5(9)6(8(10)12)7(4)11(13)14/h2-3H,1H3,(H2,10,12). The average molecular weight is 215 g/mol. The van der Waals surface area contributed by atoms with E-state index in [1.54, 1.807) is 0 Å². The first-order valence-corrected chi connectivity index (χ1v) is 4.06. The second kappa shape index (κ2) is 3.63. The maximum Gasteiger partial charge on any atom is 0.286 e. The van der Waals surface area contributed by atoms with Crippen LogP contribution in [-0.2, 0) is 0 Å². The molecule has 0 unspecified atom stereocenters. The zero-order chi connectivity index (χ0) is 10.9. The lowest BCUT2D eigenvalue weighted by molar-refractivity contribution is -0.385. The molecule has 6 heteroatoms. The van der Waals surface area contributed by atoms with E-state index < -0.39 is 10.8 Å². The van der Waals surface area contributed by atoms with Crippen molar-refractivity contribution in [3.8, 4) is 0 Å². The minimum atomic E-state index is -0.898. The summed E-state index contributed by atoms with van der Waals surface area (Å²) in [6.45, 7) is 1.51. The molecule has 0 aliphatic rings. The Morgan fingerprint density at radius 1 is 1.57 bits per heavy atom. The lowest BCUT2D eigenvalue weighted by atomic mass is 10.1. The number of primary amides is 1. The first-order valence-electron chi connectivity index (χ1n) is 3.68. The van der Waals surface area contributed by atoms with Crippen LogP contribution < -0.4 is 5.73 Å². The van der Waals surface area contributed by atoms with Gasteiger partial charge in [-0.05, 0) is 13.0 Å². The zero-order valence-electron chi connectivity index (χ0n) is 7.28. The number of carbonyl (C=O) groups excluding carboxylic acids is 1. The van der Waals surface area contributed by atoms with Gasteiger partial charge in [-0.25, -0.2) is 0 Å². The molecule has 5 nitrogen and oxygen atoms in total. The summed E-state index contributed by atoms with van der Waals surface area (Å²) in [6, 6.07) is 2.87. The van der Waals surface area contributed by atoms with Crippen LogP contribution in [0, 0.1) is 17.0 Å². The number of benzene rings is 1. The zero-order valence-corrected chi connectivity index (χ0v) is 8.04. The third kappa shape index (κ3) is 1.67. The number of nitro groups is 1. The normalized spacial score (nSPS) is 9.86. The maximum atomic E-state index is 10.9. The average Bonchev–Trinajstić information content (AvgIpc) is 2.07. The van der Waals surface area contributed by atoms with Crippen LogP contribution >= 0.6 is 11.6 Å². The predicted octanol–water partition coefficient (Wildman–Crippen LogP) is 1.66. The SMILES string of the molecule is Cc1ccc(Cl)c(C(N)=O)c1[N+](=O)[O-]. The highest BCUT2D eigenvalue weighted by atomic mass is 35.5. The Morgan fingerprint density at radius 3 is 2.50 bits per heavy atom. The summed E-state index contributed by atoms with van der Waals surface area (Å²) in [5, 5.41) is 10.6. The van der Waals surface area contributed by atoms with E-state index in [4.69, 9.17) is 17.3 Å². The summed E-state index contributed by atoms with van der Waals surface area (Å²) in [5.74, 6) is -0.898. The highest BCUT2D eigenvalue weighted by Crippen LogP contribution is 2.29. The second-order valence-electron chi connectivity index (χ2n) is 2.71. The minimum Gasteiger partial charge on any atom is -0.365 e. The molecule has 0 saturated heterocycles. The van der Waals surface area contributed by atoms with Crippen molar-refractivity contribution < 1.29 is 9.72 Å². The highest BCUT2D eigenvalue weighted by Gasteiger charge is 2.23. The van der Waals surface area contributed by atoms with E-state index >= 15 is 0 Å². The van der Waals surface area contributed by atoms with Gasteiger partial charge < -0.3 is 5.73 Å². The molecule has 1 aromatic carbocycles. The molecule has 0 fully saturated rings. The van der Waals surface area contributed by atoms with Gasteiger partial charge in [0.1, 0.15) is 5.56 Å². The summed E-state index contributed by atoms with van der Waals surface area (Å²) in [7, 11) is 0. The molecule has 0 saturated carbocycles. The van der Waals surface area contributed by atoms with Crippen molar-refractivity contribution in [3.63, 3.8) is 0 Å². The lowest BCUT2D eigenvalue weighted by Crippen LogP contribution is -2.14. The monoisotopic (exact) mass is 214 g/mol. The molecule has 0 aliphatic carbocycles. The molecule has 14 heavy (non-hydrogen) atoms. The molecule has 0 aromatic heterocycles. The summed E-state index contributed by atoms with van der Waals surface area (Å²) in [6.07, 6.45) is 0. The summed E-state index contributed by atoms with van der Waals surface area (Å²) >= 11 is 5.64. The van der Waals surface area contributed by atoms with Crippen molar-refractivity contribution >= 4 is 23.2 Å². The van der Waals surface area contributed by atoms with E-state index in [1.807, 2.05) is 0 Å².